The molecule has 0 saturated carbocycles. The second-order valence-electron chi connectivity index (χ2n) is 7.11. The van der Waals surface area contributed by atoms with E-state index in [1.54, 1.807) is 22.3 Å². The number of benzene rings is 1. The molecule has 7 heteroatoms. The number of likely N-dealkylation sites (tertiary alicyclic amines) is 1. The number of piperidine rings is 1. The summed E-state index contributed by atoms with van der Waals surface area (Å²) < 4.78 is 8.44. The average molecular weight is 368 g/mol. The lowest BCUT2D eigenvalue weighted by Crippen LogP contribution is -2.42. The summed E-state index contributed by atoms with van der Waals surface area (Å²) in [4.78, 5) is 27.9. The molecule has 1 aliphatic rings. The molecule has 0 bridgehead atoms. The van der Waals surface area contributed by atoms with E-state index < -0.39 is 0 Å². The van der Waals surface area contributed by atoms with Gasteiger partial charge in [-0.3, -0.25) is 9.59 Å². The highest BCUT2D eigenvalue weighted by molar-refractivity contribution is 5.94. The molecule has 0 aliphatic carbocycles. The number of carbonyl (C=O) groups is 1. The molecule has 27 heavy (non-hydrogen) atoms. The van der Waals surface area contributed by atoms with Crippen LogP contribution < -0.4 is 5.56 Å². The molecule has 2 aromatic heterocycles. The number of nitrogens with zero attached hydrogens (tertiary/aromatic N) is 4. The van der Waals surface area contributed by atoms with Crippen LogP contribution in [0.15, 0.2) is 35.1 Å². The van der Waals surface area contributed by atoms with Crippen LogP contribution in [0.2, 0.25) is 0 Å². The Hall–Kier alpha value is -2.67. The van der Waals surface area contributed by atoms with Gasteiger partial charge in [0.2, 0.25) is 0 Å². The Bertz CT molecular complexity index is 1050. The third kappa shape index (κ3) is 3.02. The van der Waals surface area contributed by atoms with Crippen LogP contribution in [-0.2, 0) is 11.3 Å². The van der Waals surface area contributed by atoms with Crippen LogP contribution in [0.5, 0.6) is 0 Å². The highest BCUT2D eigenvalue weighted by Gasteiger charge is 2.27. The number of ether oxygens (including phenoxy) is 1. The predicted octanol–water partition coefficient (Wildman–Crippen LogP) is 2.31. The summed E-state index contributed by atoms with van der Waals surface area (Å²) in [5.74, 6) is -0.0992. The Morgan fingerprint density at radius 2 is 2.00 bits per heavy atom. The smallest absolute Gasteiger partial charge is 0.277 e. The van der Waals surface area contributed by atoms with E-state index in [4.69, 9.17) is 4.74 Å². The lowest BCUT2D eigenvalue weighted by atomic mass is 10.0. The SMILES string of the molecule is COCCn1c(=O)c2cc(C(=O)N3CCCC[C@H]3C)nn2c2ccccc21. The van der Waals surface area contributed by atoms with Crippen LogP contribution in [0.25, 0.3) is 16.6 Å². The van der Waals surface area contributed by atoms with Gasteiger partial charge in [0.05, 0.1) is 17.6 Å². The van der Waals surface area contributed by atoms with Crippen LogP contribution in [0.3, 0.4) is 0 Å². The maximum absolute atomic E-state index is 13.0. The number of methoxy groups -OCH3 is 1. The van der Waals surface area contributed by atoms with Gasteiger partial charge < -0.3 is 14.2 Å². The molecule has 1 fully saturated rings. The van der Waals surface area contributed by atoms with Crippen molar-refractivity contribution in [3.63, 3.8) is 0 Å². The molecule has 1 aliphatic heterocycles. The Kier molecular flexibility index (Phi) is 4.70. The predicted molar refractivity (Wildman–Crippen MR) is 103 cm³/mol. The monoisotopic (exact) mass is 368 g/mol. The molecule has 0 N–H and O–H groups in total. The second-order valence-corrected chi connectivity index (χ2v) is 7.11. The molecule has 4 rings (SSSR count). The first-order chi connectivity index (χ1) is 13.1. The molecule has 3 heterocycles. The van der Waals surface area contributed by atoms with Gasteiger partial charge in [-0.25, -0.2) is 4.52 Å². The fraction of sp³-hybridized carbons (Fsp3) is 0.450. The number of hydrogen-bond acceptors (Lipinski definition) is 4. The molecule has 1 atom stereocenters. The van der Waals surface area contributed by atoms with E-state index in [1.165, 1.54) is 0 Å². The topological polar surface area (TPSA) is 68.8 Å². The normalized spacial score (nSPS) is 17.7. The maximum atomic E-state index is 13.0. The number of amides is 1. The van der Waals surface area contributed by atoms with Crippen molar-refractivity contribution in [2.24, 2.45) is 0 Å². The third-order valence-electron chi connectivity index (χ3n) is 5.38. The van der Waals surface area contributed by atoms with Crippen LogP contribution in [0.4, 0.5) is 0 Å². The largest absolute Gasteiger partial charge is 0.383 e. The zero-order valence-corrected chi connectivity index (χ0v) is 15.7. The summed E-state index contributed by atoms with van der Waals surface area (Å²) >= 11 is 0. The second kappa shape index (κ2) is 7.15. The first-order valence-corrected chi connectivity index (χ1v) is 9.43. The van der Waals surface area contributed by atoms with E-state index in [0.29, 0.717) is 24.4 Å². The first-order valence-electron chi connectivity index (χ1n) is 9.43. The Morgan fingerprint density at radius 1 is 1.22 bits per heavy atom. The van der Waals surface area contributed by atoms with Crippen molar-refractivity contribution in [1.29, 1.82) is 0 Å². The molecule has 1 amide bonds. The van der Waals surface area contributed by atoms with Gasteiger partial charge in [-0.2, -0.15) is 5.10 Å². The standard InChI is InChI=1S/C20H24N4O3/c1-14-7-5-6-10-22(14)19(25)15-13-18-20(26)23(11-12-27-2)16-8-3-4-9-17(16)24(18)21-15/h3-4,8-9,13-14H,5-7,10-12H2,1-2H3/t14-/m1/s1. The molecule has 1 aromatic carbocycles. The zero-order chi connectivity index (χ0) is 19.0. The van der Waals surface area contributed by atoms with E-state index in [-0.39, 0.29) is 17.5 Å². The van der Waals surface area contributed by atoms with E-state index in [1.807, 2.05) is 29.2 Å². The summed E-state index contributed by atoms with van der Waals surface area (Å²) in [6.45, 7) is 3.70. The highest BCUT2D eigenvalue weighted by atomic mass is 16.5. The molecule has 0 unspecified atom stereocenters. The number of fused-ring (bicyclic) bond motifs is 3. The minimum absolute atomic E-state index is 0.0992. The van der Waals surface area contributed by atoms with Gasteiger partial charge >= 0.3 is 0 Å². The van der Waals surface area contributed by atoms with Crippen molar-refractivity contribution < 1.29 is 9.53 Å². The quantitative estimate of drug-likeness (QED) is 0.709. The van der Waals surface area contributed by atoms with Gasteiger partial charge in [-0.15, -0.1) is 0 Å². The number of rotatable bonds is 4. The molecule has 0 spiro atoms. The van der Waals surface area contributed by atoms with Gasteiger partial charge in [0, 0.05) is 32.3 Å². The van der Waals surface area contributed by atoms with E-state index >= 15 is 0 Å². The van der Waals surface area contributed by atoms with Crippen molar-refractivity contribution in [3.8, 4) is 0 Å². The Labute approximate surface area is 157 Å². The highest BCUT2D eigenvalue weighted by Crippen LogP contribution is 2.20. The van der Waals surface area contributed by atoms with Gasteiger partial charge in [-0.05, 0) is 38.3 Å². The van der Waals surface area contributed by atoms with Crippen molar-refractivity contribution in [3.05, 3.63) is 46.4 Å². The number of para-hydroxylation sites is 2. The van der Waals surface area contributed by atoms with Gasteiger partial charge in [0.15, 0.2) is 5.69 Å². The van der Waals surface area contributed by atoms with Crippen molar-refractivity contribution >= 4 is 22.5 Å². The van der Waals surface area contributed by atoms with Crippen molar-refractivity contribution in [2.45, 2.75) is 38.8 Å². The molecular weight excluding hydrogens is 344 g/mol. The zero-order valence-electron chi connectivity index (χ0n) is 15.7. The number of hydrogen-bond donors (Lipinski definition) is 0. The van der Waals surface area contributed by atoms with Crippen LogP contribution in [0.1, 0.15) is 36.7 Å². The summed E-state index contributed by atoms with van der Waals surface area (Å²) in [5, 5.41) is 4.51. The van der Waals surface area contributed by atoms with E-state index in [2.05, 4.69) is 12.0 Å². The van der Waals surface area contributed by atoms with Gasteiger partial charge in [0.25, 0.3) is 11.5 Å². The first kappa shape index (κ1) is 17.7. The maximum Gasteiger partial charge on any atom is 0.277 e. The van der Waals surface area contributed by atoms with Crippen LogP contribution >= 0.6 is 0 Å². The van der Waals surface area contributed by atoms with Gasteiger partial charge in [0.1, 0.15) is 5.52 Å². The average Bonchev–Trinajstić information content (AvgIpc) is 3.14. The summed E-state index contributed by atoms with van der Waals surface area (Å²) in [6.07, 6.45) is 3.16. The Morgan fingerprint density at radius 3 is 2.74 bits per heavy atom. The lowest BCUT2D eigenvalue weighted by Gasteiger charge is -2.32. The van der Waals surface area contributed by atoms with Crippen LogP contribution in [0, 0.1) is 0 Å². The Balaban J connectivity index is 1.86. The summed E-state index contributed by atoms with van der Waals surface area (Å²) in [5.41, 5.74) is 2.16. The fourth-order valence-electron chi connectivity index (χ4n) is 3.89. The minimum Gasteiger partial charge on any atom is -0.383 e. The fourth-order valence-corrected chi connectivity index (χ4v) is 3.89. The molecular formula is C20H24N4O3. The summed E-state index contributed by atoms with van der Waals surface area (Å²) in [6, 6.07) is 9.43. The van der Waals surface area contributed by atoms with Crippen LogP contribution in [-0.4, -0.2) is 51.3 Å². The number of aromatic nitrogens is 3. The molecule has 1 saturated heterocycles. The molecule has 3 aromatic rings. The summed E-state index contributed by atoms with van der Waals surface area (Å²) in [7, 11) is 1.61. The molecule has 142 valence electrons. The van der Waals surface area contributed by atoms with E-state index in [9.17, 15) is 9.59 Å². The minimum atomic E-state index is -0.163. The lowest BCUT2D eigenvalue weighted by molar-refractivity contribution is 0.0629. The molecule has 0 radical (unpaired) electrons. The van der Waals surface area contributed by atoms with Gasteiger partial charge in [-0.1, -0.05) is 12.1 Å². The number of carbonyl (C=O) groups excluding carboxylic acids is 1. The van der Waals surface area contributed by atoms with Crippen molar-refractivity contribution in [1.82, 2.24) is 19.1 Å². The van der Waals surface area contributed by atoms with Crippen molar-refractivity contribution in [2.75, 3.05) is 20.3 Å². The third-order valence-corrected chi connectivity index (χ3v) is 5.38. The molecule has 7 nitrogen and oxygen atoms in total. The van der Waals surface area contributed by atoms with E-state index in [0.717, 1.165) is 36.8 Å².